The van der Waals surface area contributed by atoms with E-state index < -0.39 is 0 Å². The number of ether oxygens (including phenoxy) is 1. The first-order chi connectivity index (χ1) is 8.83. The van der Waals surface area contributed by atoms with Gasteiger partial charge in [0.25, 0.3) is 0 Å². The van der Waals surface area contributed by atoms with Gasteiger partial charge in [0.2, 0.25) is 5.88 Å². The van der Waals surface area contributed by atoms with Crippen molar-refractivity contribution in [2.75, 3.05) is 13.2 Å². The molecule has 1 saturated heterocycles. The average molecular weight is 249 g/mol. The van der Waals surface area contributed by atoms with Crippen LogP contribution in [0, 0.1) is 0 Å². The largest absolute Gasteiger partial charge is 0.475 e. The number of hydrogen-bond donors (Lipinski definition) is 2. The van der Waals surface area contributed by atoms with Crippen molar-refractivity contribution in [3.63, 3.8) is 0 Å². The predicted octanol–water partition coefficient (Wildman–Crippen LogP) is -0.0615. The molecule has 0 aliphatic carbocycles. The number of hydrogen-bond acceptors (Lipinski definition) is 5. The number of aromatic amines is 1. The summed E-state index contributed by atoms with van der Waals surface area (Å²) in [6.07, 6.45) is 3.58. The molecule has 1 atom stereocenters. The van der Waals surface area contributed by atoms with E-state index in [0.717, 1.165) is 13.0 Å². The quantitative estimate of drug-likeness (QED) is 0.796. The van der Waals surface area contributed by atoms with E-state index in [2.05, 4.69) is 20.6 Å². The Morgan fingerprint density at radius 2 is 2.39 bits per heavy atom. The lowest BCUT2D eigenvalue weighted by Crippen LogP contribution is -2.38. The Kier molecular flexibility index (Phi) is 2.97. The standard InChI is InChI=1S/C11H15N5O2/c17-11-14-13-9-4-5-10(15-16(9)11)18-7-8-3-1-2-6-12-8/h4-5,8,12H,1-3,6-7H2,(H,14,17). The molecule has 3 rings (SSSR count). The lowest BCUT2D eigenvalue weighted by atomic mass is 10.1. The van der Waals surface area contributed by atoms with E-state index in [1.807, 2.05) is 0 Å². The molecule has 2 aromatic rings. The van der Waals surface area contributed by atoms with E-state index >= 15 is 0 Å². The third-order valence-corrected chi connectivity index (χ3v) is 3.09. The van der Waals surface area contributed by atoms with Crippen LogP contribution in [-0.4, -0.2) is 39.0 Å². The number of piperidine rings is 1. The first kappa shape index (κ1) is 11.2. The van der Waals surface area contributed by atoms with Gasteiger partial charge in [-0.15, -0.1) is 5.10 Å². The minimum absolute atomic E-state index is 0.355. The monoisotopic (exact) mass is 249 g/mol. The predicted molar refractivity (Wildman–Crippen MR) is 64.7 cm³/mol. The fourth-order valence-corrected chi connectivity index (χ4v) is 2.12. The van der Waals surface area contributed by atoms with Crippen molar-refractivity contribution >= 4 is 5.65 Å². The maximum absolute atomic E-state index is 11.4. The van der Waals surface area contributed by atoms with Crippen LogP contribution in [0.1, 0.15) is 19.3 Å². The molecule has 1 fully saturated rings. The van der Waals surface area contributed by atoms with Crippen molar-refractivity contribution in [1.82, 2.24) is 25.1 Å². The molecule has 2 aromatic heterocycles. The van der Waals surface area contributed by atoms with Gasteiger partial charge in [-0.05, 0) is 25.5 Å². The zero-order valence-electron chi connectivity index (χ0n) is 9.93. The molecule has 2 N–H and O–H groups in total. The van der Waals surface area contributed by atoms with Crippen LogP contribution >= 0.6 is 0 Å². The Hall–Kier alpha value is -1.89. The molecule has 0 bridgehead atoms. The number of aromatic nitrogens is 4. The molecule has 18 heavy (non-hydrogen) atoms. The van der Waals surface area contributed by atoms with E-state index in [-0.39, 0.29) is 5.69 Å². The second-order valence-corrected chi connectivity index (χ2v) is 4.43. The van der Waals surface area contributed by atoms with Crippen LogP contribution in [0.4, 0.5) is 0 Å². The highest BCUT2D eigenvalue weighted by Crippen LogP contribution is 2.10. The molecule has 1 aliphatic heterocycles. The Morgan fingerprint density at radius 1 is 1.44 bits per heavy atom. The molecule has 0 saturated carbocycles. The van der Waals surface area contributed by atoms with Crippen molar-refractivity contribution in [2.45, 2.75) is 25.3 Å². The van der Waals surface area contributed by atoms with E-state index in [0.29, 0.717) is 24.2 Å². The first-order valence-corrected chi connectivity index (χ1v) is 6.13. The maximum Gasteiger partial charge on any atom is 0.364 e. The summed E-state index contributed by atoms with van der Waals surface area (Å²) in [6.45, 7) is 1.62. The third kappa shape index (κ3) is 2.21. The van der Waals surface area contributed by atoms with Gasteiger partial charge in [0, 0.05) is 12.1 Å². The van der Waals surface area contributed by atoms with E-state index in [1.54, 1.807) is 12.1 Å². The van der Waals surface area contributed by atoms with E-state index in [9.17, 15) is 4.79 Å². The summed E-state index contributed by atoms with van der Waals surface area (Å²) in [5, 5.41) is 13.6. The molecule has 0 amide bonds. The average Bonchev–Trinajstić information content (AvgIpc) is 2.79. The lowest BCUT2D eigenvalue weighted by Gasteiger charge is -2.23. The first-order valence-electron chi connectivity index (χ1n) is 6.13. The van der Waals surface area contributed by atoms with Crippen molar-refractivity contribution in [2.24, 2.45) is 0 Å². The van der Waals surface area contributed by atoms with Gasteiger partial charge in [0.15, 0.2) is 5.65 Å². The zero-order valence-corrected chi connectivity index (χ0v) is 9.93. The van der Waals surface area contributed by atoms with Crippen LogP contribution in [0.15, 0.2) is 16.9 Å². The second-order valence-electron chi connectivity index (χ2n) is 4.43. The van der Waals surface area contributed by atoms with E-state index in [1.165, 1.54) is 17.4 Å². The molecule has 0 aromatic carbocycles. The summed E-state index contributed by atoms with van der Waals surface area (Å²) in [7, 11) is 0. The van der Waals surface area contributed by atoms with Gasteiger partial charge in [-0.3, -0.25) is 0 Å². The van der Waals surface area contributed by atoms with Crippen molar-refractivity contribution < 1.29 is 4.74 Å². The third-order valence-electron chi connectivity index (χ3n) is 3.09. The van der Waals surface area contributed by atoms with Crippen LogP contribution in [0.25, 0.3) is 5.65 Å². The van der Waals surface area contributed by atoms with Crippen molar-refractivity contribution in [1.29, 1.82) is 0 Å². The summed E-state index contributed by atoms with van der Waals surface area (Å²) >= 11 is 0. The van der Waals surface area contributed by atoms with Gasteiger partial charge >= 0.3 is 5.69 Å². The summed E-state index contributed by atoms with van der Waals surface area (Å²) in [4.78, 5) is 11.4. The van der Waals surface area contributed by atoms with E-state index in [4.69, 9.17) is 4.74 Å². The Labute approximate surface area is 103 Å². The van der Waals surface area contributed by atoms with Crippen LogP contribution < -0.4 is 15.7 Å². The van der Waals surface area contributed by atoms with Gasteiger partial charge in [-0.2, -0.15) is 9.61 Å². The van der Waals surface area contributed by atoms with Gasteiger partial charge in [0.1, 0.15) is 6.61 Å². The van der Waals surface area contributed by atoms with Crippen LogP contribution in [0.2, 0.25) is 0 Å². The molecule has 7 nitrogen and oxygen atoms in total. The van der Waals surface area contributed by atoms with Gasteiger partial charge in [-0.1, -0.05) is 6.42 Å². The topological polar surface area (TPSA) is 84.3 Å². The van der Waals surface area contributed by atoms with Crippen LogP contribution in [-0.2, 0) is 0 Å². The van der Waals surface area contributed by atoms with Crippen LogP contribution in [0.5, 0.6) is 5.88 Å². The minimum Gasteiger partial charge on any atom is -0.475 e. The van der Waals surface area contributed by atoms with Gasteiger partial charge < -0.3 is 10.1 Å². The summed E-state index contributed by atoms with van der Waals surface area (Å²) in [6, 6.07) is 3.80. The summed E-state index contributed by atoms with van der Waals surface area (Å²) in [5.41, 5.74) is 0.134. The number of rotatable bonds is 3. The summed E-state index contributed by atoms with van der Waals surface area (Å²) < 4.78 is 6.80. The van der Waals surface area contributed by atoms with Gasteiger partial charge in [-0.25, -0.2) is 9.89 Å². The molecular formula is C11H15N5O2. The number of fused-ring (bicyclic) bond motifs is 1. The highest BCUT2D eigenvalue weighted by atomic mass is 16.5. The van der Waals surface area contributed by atoms with Crippen molar-refractivity contribution in [3.05, 3.63) is 22.6 Å². The maximum atomic E-state index is 11.4. The normalized spacial score (nSPS) is 20.1. The highest BCUT2D eigenvalue weighted by molar-refractivity contribution is 5.35. The Balaban J connectivity index is 1.70. The molecule has 0 spiro atoms. The second kappa shape index (κ2) is 4.77. The Morgan fingerprint density at radius 3 is 3.22 bits per heavy atom. The SMILES string of the molecule is O=c1[nH]nc2ccc(OCC3CCCCN3)nn12. The molecule has 0 radical (unpaired) electrons. The van der Waals surface area contributed by atoms with Crippen LogP contribution in [0.3, 0.4) is 0 Å². The zero-order chi connectivity index (χ0) is 12.4. The molecule has 1 unspecified atom stereocenters. The number of nitrogens with zero attached hydrogens (tertiary/aromatic N) is 3. The lowest BCUT2D eigenvalue weighted by molar-refractivity contribution is 0.229. The minimum atomic E-state index is -0.355. The summed E-state index contributed by atoms with van der Waals surface area (Å²) in [5.74, 6) is 0.443. The molecule has 7 heteroatoms. The van der Waals surface area contributed by atoms with Crippen molar-refractivity contribution in [3.8, 4) is 5.88 Å². The fraction of sp³-hybridized carbons (Fsp3) is 0.545. The molecule has 96 valence electrons. The molecule has 1 aliphatic rings. The number of H-pyrrole nitrogens is 1. The highest BCUT2D eigenvalue weighted by Gasteiger charge is 2.13. The number of nitrogens with one attached hydrogen (secondary N) is 2. The fourth-order valence-electron chi connectivity index (χ4n) is 2.12. The smallest absolute Gasteiger partial charge is 0.364 e. The Bertz CT molecular complexity index is 584. The van der Waals surface area contributed by atoms with Gasteiger partial charge in [0.05, 0.1) is 0 Å². The molecule has 3 heterocycles. The molecular weight excluding hydrogens is 234 g/mol.